The molecule has 9 heavy (non-hydrogen) atoms. The first-order valence-corrected chi connectivity index (χ1v) is 4.10. The Morgan fingerprint density at radius 2 is 2.11 bits per heavy atom. The lowest BCUT2D eigenvalue weighted by Gasteiger charge is -1.93. The van der Waals surface area contributed by atoms with Crippen LogP contribution in [0.3, 0.4) is 0 Å². The molecule has 0 aromatic rings. The molecule has 48 valence electrons. The van der Waals surface area contributed by atoms with Gasteiger partial charge in [-0.3, -0.25) is 0 Å². The lowest BCUT2D eigenvalue weighted by molar-refractivity contribution is 1.41. The van der Waals surface area contributed by atoms with E-state index in [0.29, 0.717) is 0 Å². The lowest BCUT2D eigenvalue weighted by Crippen LogP contribution is -1.75. The van der Waals surface area contributed by atoms with Gasteiger partial charge in [-0.15, -0.1) is 0 Å². The summed E-state index contributed by atoms with van der Waals surface area (Å²) in [6, 6.07) is 0. The van der Waals surface area contributed by atoms with Gasteiger partial charge in [0.15, 0.2) is 0 Å². The zero-order valence-corrected chi connectivity index (χ0v) is 7.00. The second-order valence-electron chi connectivity index (χ2n) is 2.24. The predicted molar refractivity (Wildman–Crippen MR) is 45.1 cm³/mol. The van der Waals surface area contributed by atoms with Crippen LogP contribution in [-0.4, -0.2) is 5.80 Å². The van der Waals surface area contributed by atoms with E-state index in [-0.39, 0.29) is 0 Å². The summed E-state index contributed by atoms with van der Waals surface area (Å²) in [5.74, 6) is 2.25. The maximum atomic E-state index is 2.25. The van der Waals surface area contributed by atoms with Gasteiger partial charge in [-0.1, -0.05) is 14.3 Å². The molecule has 0 saturated heterocycles. The smallest absolute Gasteiger partial charge is 0.000707 e. The number of hydrogen-bond donors (Lipinski definition) is 0. The first-order valence-electron chi connectivity index (χ1n) is 3.14. The SMILES string of the molecule is C/C=C1\P=CC(C)=C1C. The van der Waals surface area contributed by atoms with Crippen molar-refractivity contribution in [3.63, 3.8) is 0 Å². The van der Waals surface area contributed by atoms with Gasteiger partial charge in [0.2, 0.25) is 0 Å². The number of hydrogen-bond acceptors (Lipinski definition) is 0. The Kier molecular flexibility index (Phi) is 1.87. The molecular weight excluding hydrogens is 127 g/mol. The fourth-order valence-electron chi connectivity index (χ4n) is 0.853. The Morgan fingerprint density at radius 3 is 2.33 bits per heavy atom. The lowest BCUT2D eigenvalue weighted by atomic mass is 10.2. The molecule has 1 heterocycles. The Labute approximate surface area is 58.1 Å². The van der Waals surface area contributed by atoms with Crippen molar-refractivity contribution >= 4 is 14.0 Å². The zero-order chi connectivity index (χ0) is 6.85. The maximum Gasteiger partial charge on any atom is 0.000707 e. The van der Waals surface area contributed by atoms with Gasteiger partial charge < -0.3 is 0 Å². The van der Waals surface area contributed by atoms with Crippen LogP contribution in [0, 0.1) is 0 Å². The van der Waals surface area contributed by atoms with E-state index in [2.05, 4.69) is 32.6 Å². The topological polar surface area (TPSA) is 0 Å². The number of rotatable bonds is 0. The molecule has 0 bridgehead atoms. The van der Waals surface area contributed by atoms with E-state index in [1.165, 1.54) is 24.7 Å². The van der Waals surface area contributed by atoms with Gasteiger partial charge in [0.1, 0.15) is 0 Å². The molecule has 0 N–H and O–H groups in total. The van der Waals surface area contributed by atoms with Gasteiger partial charge in [-0.2, -0.15) is 0 Å². The van der Waals surface area contributed by atoms with Crippen molar-refractivity contribution in [2.75, 3.05) is 0 Å². The van der Waals surface area contributed by atoms with Crippen LogP contribution in [0.4, 0.5) is 0 Å². The summed E-state index contributed by atoms with van der Waals surface area (Å²) < 4.78 is 0. The highest BCUT2D eigenvalue weighted by Gasteiger charge is 2.03. The van der Waals surface area contributed by atoms with Crippen molar-refractivity contribution in [1.29, 1.82) is 0 Å². The van der Waals surface area contributed by atoms with Crippen molar-refractivity contribution in [2.24, 2.45) is 0 Å². The molecule has 0 amide bonds. The number of allylic oxidation sites excluding steroid dienone is 4. The van der Waals surface area contributed by atoms with Crippen LogP contribution in [-0.2, 0) is 0 Å². The average molecular weight is 138 g/mol. The minimum Gasteiger partial charge on any atom is -0.0755 e. The summed E-state index contributed by atoms with van der Waals surface area (Å²) in [6.45, 7) is 6.44. The molecule has 0 aromatic heterocycles. The van der Waals surface area contributed by atoms with E-state index in [1.54, 1.807) is 0 Å². The Hall–Kier alpha value is -0.350. The molecule has 0 fully saturated rings. The van der Waals surface area contributed by atoms with Gasteiger partial charge in [0, 0.05) is 5.31 Å². The quantitative estimate of drug-likeness (QED) is 0.451. The summed E-state index contributed by atoms with van der Waals surface area (Å²) in [5, 5.41) is 1.47. The first kappa shape index (κ1) is 6.77. The molecule has 0 radical (unpaired) electrons. The van der Waals surface area contributed by atoms with Crippen LogP contribution >= 0.6 is 8.20 Å². The van der Waals surface area contributed by atoms with Gasteiger partial charge in [-0.05, 0) is 37.7 Å². The van der Waals surface area contributed by atoms with Crippen LogP contribution in [0.25, 0.3) is 0 Å². The summed E-state index contributed by atoms with van der Waals surface area (Å²) in [5.41, 5.74) is 2.89. The molecule has 1 rings (SSSR count). The summed E-state index contributed by atoms with van der Waals surface area (Å²) in [4.78, 5) is 0. The molecule has 1 heteroatoms. The van der Waals surface area contributed by atoms with E-state index in [4.69, 9.17) is 0 Å². The second kappa shape index (κ2) is 2.49. The average Bonchev–Trinajstić information content (AvgIpc) is 2.15. The van der Waals surface area contributed by atoms with E-state index >= 15 is 0 Å². The van der Waals surface area contributed by atoms with E-state index < -0.39 is 0 Å². The molecule has 0 aliphatic carbocycles. The molecule has 1 aliphatic heterocycles. The third-order valence-corrected chi connectivity index (χ3v) is 3.03. The van der Waals surface area contributed by atoms with Crippen LogP contribution in [0.5, 0.6) is 0 Å². The van der Waals surface area contributed by atoms with Crippen LogP contribution < -0.4 is 0 Å². The molecule has 0 atom stereocenters. The largest absolute Gasteiger partial charge is 0.0755 e. The second-order valence-corrected chi connectivity index (χ2v) is 3.24. The standard InChI is InChI=1S/C8H11P/c1-4-8-7(3)6(2)5-9-8/h4-5H,1-3H3/b8-4-. The van der Waals surface area contributed by atoms with Crippen LogP contribution in [0.2, 0.25) is 0 Å². The molecule has 0 saturated carbocycles. The van der Waals surface area contributed by atoms with Gasteiger partial charge in [-0.25, -0.2) is 0 Å². The highest BCUT2D eigenvalue weighted by atomic mass is 31.1. The third kappa shape index (κ3) is 1.14. The Morgan fingerprint density at radius 1 is 1.44 bits per heavy atom. The van der Waals surface area contributed by atoms with Crippen molar-refractivity contribution in [2.45, 2.75) is 20.8 Å². The van der Waals surface area contributed by atoms with Crippen molar-refractivity contribution < 1.29 is 0 Å². The van der Waals surface area contributed by atoms with Crippen LogP contribution in [0.1, 0.15) is 20.8 Å². The molecular formula is C8H11P. The first-order chi connectivity index (χ1) is 4.25. The Bertz CT molecular complexity index is 207. The fourth-order valence-corrected chi connectivity index (χ4v) is 1.90. The van der Waals surface area contributed by atoms with Crippen molar-refractivity contribution in [1.82, 2.24) is 0 Å². The molecule has 0 spiro atoms. The minimum absolute atomic E-state index is 1.37. The summed E-state index contributed by atoms with van der Waals surface area (Å²) in [6.07, 6.45) is 2.18. The predicted octanol–water partition coefficient (Wildman–Crippen LogP) is 2.99. The van der Waals surface area contributed by atoms with E-state index in [1.807, 2.05) is 0 Å². The highest BCUT2D eigenvalue weighted by Crippen LogP contribution is 2.30. The van der Waals surface area contributed by atoms with Crippen LogP contribution in [0.15, 0.2) is 22.5 Å². The summed E-state index contributed by atoms with van der Waals surface area (Å²) >= 11 is 0. The van der Waals surface area contributed by atoms with Crippen molar-refractivity contribution in [3.05, 3.63) is 22.5 Å². The monoisotopic (exact) mass is 138 g/mol. The third-order valence-electron chi connectivity index (χ3n) is 1.65. The molecule has 0 unspecified atom stereocenters. The van der Waals surface area contributed by atoms with Crippen molar-refractivity contribution in [3.8, 4) is 0 Å². The fraction of sp³-hybridized carbons (Fsp3) is 0.375. The van der Waals surface area contributed by atoms with Gasteiger partial charge >= 0.3 is 0 Å². The molecule has 0 aromatic carbocycles. The Balaban J connectivity index is 3.01. The normalized spacial score (nSPS) is 24.1. The van der Waals surface area contributed by atoms with E-state index in [0.717, 1.165) is 0 Å². The molecule has 1 aliphatic rings. The zero-order valence-electron chi connectivity index (χ0n) is 6.10. The highest BCUT2D eigenvalue weighted by molar-refractivity contribution is 7.45. The van der Waals surface area contributed by atoms with Gasteiger partial charge in [0.25, 0.3) is 0 Å². The van der Waals surface area contributed by atoms with Gasteiger partial charge in [0.05, 0.1) is 0 Å². The van der Waals surface area contributed by atoms with E-state index in [9.17, 15) is 0 Å². The maximum absolute atomic E-state index is 2.25. The molecule has 0 nitrogen and oxygen atoms in total. The minimum atomic E-state index is 1.37. The summed E-state index contributed by atoms with van der Waals surface area (Å²) in [7, 11) is 1.37.